The van der Waals surface area contributed by atoms with E-state index in [1.54, 1.807) is 7.11 Å². The number of piperazine rings is 1. The number of hydrogen-bond acceptors (Lipinski definition) is 5. The van der Waals surface area contributed by atoms with Crippen LogP contribution in [0.1, 0.15) is 11.1 Å². The van der Waals surface area contributed by atoms with Crippen LogP contribution < -0.4 is 15.2 Å². The van der Waals surface area contributed by atoms with Gasteiger partial charge in [0.2, 0.25) is 0 Å². The maximum Gasteiger partial charge on any atom is 0.127 e. The van der Waals surface area contributed by atoms with E-state index in [2.05, 4.69) is 9.80 Å². The van der Waals surface area contributed by atoms with Gasteiger partial charge in [-0.05, 0) is 23.8 Å². The summed E-state index contributed by atoms with van der Waals surface area (Å²) in [5, 5.41) is 0. The molecule has 2 N–H and O–H groups in total. The number of nitrogens with zero attached hydrogens (tertiary/aromatic N) is 2. The average molecular weight is 373 g/mol. The third-order valence-corrected chi connectivity index (χ3v) is 4.94. The first-order valence-electron chi connectivity index (χ1n) is 9.37. The van der Waals surface area contributed by atoms with Crippen LogP contribution in [0, 0.1) is 5.82 Å². The molecule has 0 amide bonds. The fourth-order valence-electron chi connectivity index (χ4n) is 3.27. The van der Waals surface area contributed by atoms with Crippen LogP contribution in [-0.4, -0.2) is 56.2 Å². The monoisotopic (exact) mass is 373 g/mol. The number of nitrogens with two attached hydrogens (primary N) is 1. The van der Waals surface area contributed by atoms with E-state index in [0.717, 1.165) is 61.9 Å². The van der Waals surface area contributed by atoms with Gasteiger partial charge in [0.1, 0.15) is 23.9 Å². The molecule has 146 valence electrons. The molecular weight excluding hydrogens is 345 g/mol. The zero-order valence-corrected chi connectivity index (χ0v) is 15.9. The zero-order chi connectivity index (χ0) is 19.1. The first-order chi connectivity index (χ1) is 13.2. The lowest BCUT2D eigenvalue weighted by molar-refractivity contribution is 0.112. The third kappa shape index (κ3) is 5.66. The molecule has 1 saturated heterocycles. The number of hydrogen-bond donors (Lipinski definition) is 1. The molecule has 0 bridgehead atoms. The van der Waals surface area contributed by atoms with Crippen molar-refractivity contribution in [1.29, 1.82) is 0 Å². The summed E-state index contributed by atoms with van der Waals surface area (Å²) in [6.07, 6.45) is 0. The lowest BCUT2D eigenvalue weighted by Crippen LogP contribution is -2.47. The number of ether oxygens (including phenoxy) is 2. The molecular formula is C21H28FN3O2. The van der Waals surface area contributed by atoms with Gasteiger partial charge in [-0.15, -0.1) is 0 Å². The largest absolute Gasteiger partial charge is 0.497 e. The molecule has 0 atom stereocenters. The second-order valence-electron chi connectivity index (χ2n) is 6.77. The molecule has 0 unspecified atom stereocenters. The summed E-state index contributed by atoms with van der Waals surface area (Å²) >= 11 is 0. The van der Waals surface area contributed by atoms with E-state index < -0.39 is 0 Å². The van der Waals surface area contributed by atoms with Crippen molar-refractivity contribution in [3.63, 3.8) is 0 Å². The Hall–Kier alpha value is -2.15. The molecule has 0 radical (unpaired) electrons. The predicted molar refractivity (Wildman–Crippen MR) is 104 cm³/mol. The van der Waals surface area contributed by atoms with Gasteiger partial charge < -0.3 is 15.2 Å². The summed E-state index contributed by atoms with van der Waals surface area (Å²) in [7, 11) is 1.65. The quantitative estimate of drug-likeness (QED) is 0.771. The van der Waals surface area contributed by atoms with Crippen LogP contribution in [0.3, 0.4) is 0 Å². The van der Waals surface area contributed by atoms with Crippen molar-refractivity contribution < 1.29 is 13.9 Å². The molecule has 1 heterocycles. The summed E-state index contributed by atoms with van der Waals surface area (Å²) in [5.41, 5.74) is 7.93. The van der Waals surface area contributed by atoms with Crippen molar-refractivity contribution in [1.82, 2.24) is 9.80 Å². The van der Waals surface area contributed by atoms with E-state index in [9.17, 15) is 4.39 Å². The van der Waals surface area contributed by atoms with Crippen LogP contribution in [0.15, 0.2) is 42.5 Å². The fraction of sp³-hybridized carbons (Fsp3) is 0.429. The molecule has 0 saturated carbocycles. The van der Waals surface area contributed by atoms with E-state index in [0.29, 0.717) is 13.2 Å². The number of rotatable bonds is 8. The van der Waals surface area contributed by atoms with Crippen molar-refractivity contribution in [2.45, 2.75) is 13.1 Å². The highest BCUT2D eigenvalue weighted by Crippen LogP contribution is 2.24. The molecule has 27 heavy (non-hydrogen) atoms. The number of benzene rings is 2. The Labute approximate surface area is 160 Å². The first kappa shape index (κ1) is 19.6. The number of methoxy groups -OCH3 is 1. The Kier molecular flexibility index (Phi) is 7.04. The van der Waals surface area contributed by atoms with Gasteiger partial charge in [-0.3, -0.25) is 9.80 Å². The van der Waals surface area contributed by atoms with Gasteiger partial charge in [-0.1, -0.05) is 18.2 Å². The predicted octanol–water partition coefficient (Wildman–Crippen LogP) is 2.49. The Balaban J connectivity index is 1.41. The van der Waals surface area contributed by atoms with E-state index >= 15 is 0 Å². The van der Waals surface area contributed by atoms with Crippen LogP contribution in [-0.2, 0) is 13.1 Å². The van der Waals surface area contributed by atoms with Crippen molar-refractivity contribution in [3.8, 4) is 11.5 Å². The fourth-order valence-corrected chi connectivity index (χ4v) is 3.27. The topological polar surface area (TPSA) is 51.0 Å². The van der Waals surface area contributed by atoms with Gasteiger partial charge >= 0.3 is 0 Å². The van der Waals surface area contributed by atoms with Crippen molar-refractivity contribution in [3.05, 3.63) is 59.4 Å². The van der Waals surface area contributed by atoms with Crippen LogP contribution in [0.2, 0.25) is 0 Å². The van der Waals surface area contributed by atoms with E-state index in [1.807, 2.05) is 30.3 Å². The molecule has 0 aliphatic carbocycles. The lowest BCUT2D eigenvalue weighted by Gasteiger charge is -2.34. The van der Waals surface area contributed by atoms with Crippen LogP contribution >= 0.6 is 0 Å². The maximum atomic E-state index is 13.0. The van der Waals surface area contributed by atoms with Gasteiger partial charge in [-0.2, -0.15) is 0 Å². The van der Waals surface area contributed by atoms with E-state index in [1.165, 1.54) is 12.1 Å². The first-order valence-corrected chi connectivity index (χ1v) is 9.37. The number of halogens is 1. The summed E-state index contributed by atoms with van der Waals surface area (Å²) in [5.74, 6) is 1.39. The molecule has 6 heteroatoms. The molecule has 1 aliphatic rings. The molecule has 1 aliphatic heterocycles. The van der Waals surface area contributed by atoms with Gasteiger partial charge in [0.15, 0.2) is 0 Å². The summed E-state index contributed by atoms with van der Waals surface area (Å²) in [4.78, 5) is 4.81. The Morgan fingerprint density at radius 3 is 2.37 bits per heavy atom. The van der Waals surface area contributed by atoms with Crippen LogP contribution in [0.25, 0.3) is 0 Å². The summed E-state index contributed by atoms with van der Waals surface area (Å²) < 4.78 is 24.2. The van der Waals surface area contributed by atoms with E-state index in [4.69, 9.17) is 15.2 Å². The van der Waals surface area contributed by atoms with Crippen molar-refractivity contribution >= 4 is 0 Å². The van der Waals surface area contributed by atoms with Crippen molar-refractivity contribution in [2.75, 3.05) is 46.4 Å². The molecule has 3 rings (SSSR count). The second kappa shape index (κ2) is 9.69. The molecule has 2 aromatic rings. The minimum absolute atomic E-state index is 0.183. The Morgan fingerprint density at radius 1 is 1.00 bits per heavy atom. The normalized spacial score (nSPS) is 15.7. The molecule has 0 spiro atoms. The standard InChI is InChI=1S/C21H28FN3O2/c1-26-20-7-4-18(15-23)21(14-20)27-13-12-24-8-10-25(11-9-24)16-17-2-5-19(22)6-3-17/h2-7,14H,8-13,15-16,23H2,1H3. The Bertz CT molecular complexity index is 716. The third-order valence-electron chi connectivity index (χ3n) is 4.94. The van der Waals surface area contributed by atoms with Crippen LogP contribution in [0.4, 0.5) is 4.39 Å². The van der Waals surface area contributed by atoms with Crippen molar-refractivity contribution in [2.24, 2.45) is 5.73 Å². The van der Waals surface area contributed by atoms with Gasteiger partial charge in [0, 0.05) is 57.4 Å². The average Bonchev–Trinajstić information content (AvgIpc) is 2.71. The molecule has 1 fully saturated rings. The lowest BCUT2D eigenvalue weighted by atomic mass is 10.2. The second-order valence-corrected chi connectivity index (χ2v) is 6.77. The molecule has 2 aromatic carbocycles. The maximum absolute atomic E-state index is 13.0. The molecule has 0 aromatic heterocycles. The van der Waals surface area contributed by atoms with E-state index in [-0.39, 0.29) is 5.82 Å². The highest BCUT2D eigenvalue weighted by molar-refractivity contribution is 5.40. The SMILES string of the molecule is COc1ccc(CN)c(OCCN2CCN(Cc3ccc(F)cc3)CC2)c1. The smallest absolute Gasteiger partial charge is 0.127 e. The Morgan fingerprint density at radius 2 is 1.70 bits per heavy atom. The highest BCUT2D eigenvalue weighted by atomic mass is 19.1. The summed E-state index contributed by atoms with van der Waals surface area (Å²) in [6.45, 7) is 6.84. The van der Waals surface area contributed by atoms with Gasteiger partial charge in [0.05, 0.1) is 7.11 Å². The minimum Gasteiger partial charge on any atom is -0.497 e. The molecule has 5 nitrogen and oxygen atoms in total. The van der Waals surface area contributed by atoms with Gasteiger partial charge in [0.25, 0.3) is 0 Å². The van der Waals surface area contributed by atoms with Crippen LogP contribution in [0.5, 0.6) is 11.5 Å². The highest BCUT2D eigenvalue weighted by Gasteiger charge is 2.17. The summed E-state index contributed by atoms with van der Waals surface area (Å²) in [6, 6.07) is 12.5. The minimum atomic E-state index is -0.183. The zero-order valence-electron chi connectivity index (χ0n) is 15.9. The van der Waals surface area contributed by atoms with Gasteiger partial charge in [-0.25, -0.2) is 4.39 Å².